The first-order valence-corrected chi connectivity index (χ1v) is 4.91. The van der Waals surface area contributed by atoms with E-state index >= 15 is 0 Å². The number of ether oxygens (including phenoxy) is 2. The van der Waals surface area contributed by atoms with Gasteiger partial charge in [-0.05, 0) is 13.8 Å². The molecule has 1 aromatic rings. The van der Waals surface area contributed by atoms with Crippen LogP contribution in [0.1, 0.15) is 25.6 Å². The second kappa shape index (κ2) is 5.14. The van der Waals surface area contributed by atoms with E-state index in [4.69, 9.17) is 9.47 Å². The average molecular weight is 214 g/mol. The zero-order valence-corrected chi connectivity index (χ0v) is 9.60. The Labute approximate surface area is 89.6 Å². The molecule has 86 valence electrons. The molecule has 1 unspecified atom stereocenters. The minimum atomic E-state index is -0.713. The van der Waals surface area contributed by atoms with Crippen LogP contribution in [-0.4, -0.2) is 34.7 Å². The molecule has 0 bridgehead atoms. The molecule has 1 rings (SSSR count). The highest BCUT2D eigenvalue weighted by atomic mass is 16.5. The predicted octanol–water partition coefficient (Wildman–Crippen LogP) is 0.887. The first-order chi connectivity index (χ1) is 7.06. The van der Waals surface area contributed by atoms with Crippen molar-refractivity contribution in [1.82, 2.24) is 9.78 Å². The van der Waals surface area contributed by atoms with Gasteiger partial charge >= 0.3 is 0 Å². The Bertz CT molecular complexity index is 310. The van der Waals surface area contributed by atoms with Gasteiger partial charge in [0.05, 0.1) is 26.0 Å². The number of hydrogen-bond donors (Lipinski definition) is 1. The van der Waals surface area contributed by atoms with Crippen LogP contribution in [0.25, 0.3) is 0 Å². The average Bonchev–Trinajstić information content (AvgIpc) is 2.56. The third-order valence-corrected chi connectivity index (χ3v) is 2.07. The summed E-state index contributed by atoms with van der Waals surface area (Å²) in [7, 11) is 3.31. The number of hydrogen-bond acceptors (Lipinski definition) is 4. The van der Waals surface area contributed by atoms with E-state index in [9.17, 15) is 5.11 Å². The van der Waals surface area contributed by atoms with Gasteiger partial charge in [0.1, 0.15) is 11.8 Å². The topological polar surface area (TPSA) is 56.5 Å². The van der Waals surface area contributed by atoms with Gasteiger partial charge in [0.25, 0.3) is 0 Å². The molecule has 1 heterocycles. The van der Waals surface area contributed by atoms with Crippen LogP contribution < -0.4 is 4.74 Å². The van der Waals surface area contributed by atoms with Crippen molar-refractivity contribution in [1.29, 1.82) is 0 Å². The lowest BCUT2D eigenvalue weighted by Crippen LogP contribution is -2.15. The van der Waals surface area contributed by atoms with E-state index in [2.05, 4.69) is 5.10 Å². The zero-order valence-electron chi connectivity index (χ0n) is 9.60. The number of nitrogens with zero attached hydrogens (tertiary/aromatic N) is 2. The van der Waals surface area contributed by atoms with E-state index in [1.54, 1.807) is 25.0 Å². The van der Waals surface area contributed by atoms with Crippen LogP contribution in [0.2, 0.25) is 0 Å². The Balaban J connectivity index is 2.71. The van der Waals surface area contributed by atoms with E-state index in [1.807, 2.05) is 13.8 Å². The Hall–Kier alpha value is -1.07. The molecule has 0 saturated carbocycles. The summed E-state index contributed by atoms with van der Waals surface area (Å²) >= 11 is 0. The monoisotopic (exact) mass is 214 g/mol. The van der Waals surface area contributed by atoms with Crippen molar-refractivity contribution in [3.8, 4) is 5.75 Å². The fourth-order valence-electron chi connectivity index (χ4n) is 1.33. The van der Waals surface area contributed by atoms with Crippen molar-refractivity contribution in [3.05, 3.63) is 11.9 Å². The molecule has 0 fully saturated rings. The molecule has 0 amide bonds. The van der Waals surface area contributed by atoms with E-state index in [0.717, 1.165) is 0 Å². The van der Waals surface area contributed by atoms with E-state index in [-0.39, 0.29) is 12.7 Å². The summed E-state index contributed by atoms with van der Waals surface area (Å²) in [6.07, 6.45) is 0.960. The van der Waals surface area contributed by atoms with Crippen molar-refractivity contribution in [2.24, 2.45) is 7.05 Å². The quantitative estimate of drug-likeness (QED) is 0.790. The highest BCUT2D eigenvalue weighted by Gasteiger charge is 2.18. The number of methoxy groups -OCH3 is 1. The molecular weight excluding hydrogens is 196 g/mol. The summed E-state index contributed by atoms with van der Waals surface area (Å²) in [5.41, 5.74) is 0.637. The maximum absolute atomic E-state index is 9.89. The number of aliphatic hydroxyl groups is 1. The highest BCUT2D eigenvalue weighted by molar-refractivity contribution is 5.26. The molecule has 0 aromatic carbocycles. The molecule has 0 aliphatic heterocycles. The first kappa shape index (κ1) is 12.0. The van der Waals surface area contributed by atoms with Gasteiger partial charge in [-0.15, -0.1) is 0 Å². The lowest BCUT2D eigenvalue weighted by Gasteiger charge is -2.14. The van der Waals surface area contributed by atoms with Gasteiger partial charge in [0.15, 0.2) is 5.75 Å². The van der Waals surface area contributed by atoms with Crippen LogP contribution in [0.4, 0.5) is 0 Å². The Morgan fingerprint density at radius 1 is 1.53 bits per heavy atom. The molecule has 0 aliphatic rings. The molecule has 0 spiro atoms. The minimum absolute atomic E-state index is 0.0962. The fourth-order valence-corrected chi connectivity index (χ4v) is 1.33. The van der Waals surface area contributed by atoms with E-state index in [1.165, 1.54) is 0 Å². The Kier molecular flexibility index (Phi) is 4.11. The van der Waals surface area contributed by atoms with Crippen LogP contribution in [0.5, 0.6) is 5.75 Å². The second-order valence-electron chi connectivity index (χ2n) is 3.62. The normalized spacial score (nSPS) is 13.2. The van der Waals surface area contributed by atoms with Gasteiger partial charge in [0.2, 0.25) is 0 Å². The maximum atomic E-state index is 9.89. The molecule has 1 aromatic heterocycles. The maximum Gasteiger partial charge on any atom is 0.162 e. The van der Waals surface area contributed by atoms with Gasteiger partial charge < -0.3 is 14.6 Å². The highest BCUT2D eigenvalue weighted by Crippen LogP contribution is 2.24. The molecule has 5 heteroatoms. The summed E-state index contributed by atoms with van der Waals surface area (Å²) in [5.74, 6) is 0.581. The van der Waals surface area contributed by atoms with Crippen molar-refractivity contribution < 1.29 is 14.6 Å². The van der Waals surface area contributed by atoms with E-state index < -0.39 is 6.10 Å². The van der Waals surface area contributed by atoms with Gasteiger partial charge in [-0.2, -0.15) is 5.10 Å². The van der Waals surface area contributed by atoms with Crippen molar-refractivity contribution >= 4 is 0 Å². The van der Waals surface area contributed by atoms with E-state index in [0.29, 0.717) is 11.4 Å². The fraction of sp³-hybridized carbons (Fsp3) is 0.700. The number of aliphatic hydroxyl groups excluding tert-OH is 1. The zero-order chi connectivity index (χ0) is 11.4. The standard InChI is InChI=1S/C10H18N2O3/c1-7(2)15-6-8(13)10-9(14-4)5-11-12(10)3/h5,7-8,13H,6H2,1-4H3. The van der Waals surface area contributed by atoms with Crippen LogP contribution in [-0.2, 0) is 11.8 Å². The van der Waals surface area contributed by atoms with Crippen molar-refractivity contribution in [3.63, 3.8) is 0 Å². The molecule has 5 nitrogen and oxygen atoms in total. The van der Waals surface area contributed by atoms with Crippen molar-refractivity contribution in [2.75, 3.05) is 13.7 Å². The SMILES string of the molecule is COc1cnn(C)c1C(O)COC(C)C. The van der Waals surface area contributed by atoms with Gasteiger partial charge in [-0.25, -0.2) is 0 Å². The van der Waals surface area contributed by atoms with Gasteiger partial charge in [-0.1, -0.05) is 0 Å². The molecule has 15 heavy (non-hydrogen) atoms. The van der Waals surface area contributed by atoms with Gasteiger partial charge in [0, 0.05) is 7.05 Å². The number of rotatable bonds is 5. The number of aryl methyl sites for hydroxylation is 1. The lowest BCUT2D eigenvalue weighted by atomic mass is 10.2. The van der Waals surface area contributed by atoms with Crippen LogP contribution in [0.15, 0.2) is 6.20 Å². The lowest BCUT2D eigenvalue weighted by molar-refractivity contribution is 0.000956. The van der Waals surface area contributed by atoms with Crippen molar-refractivity contribution in [2.45, 2.75) is 26.1 Å². The molecule has 0 saturated heterocycles. The van der Waals surface area contributed by atoms with Crippen LogP contribution in [0, 0.1) is 0 Å². The second-order valence-corrected chi connectivity index (χ2v) is 3.62. The summed E-state index contributed by atoms with van der Waals surface area (Å²) < 4.78 is 12.0. The minimum Gasteiger partial charge on any atom is -0.493 e. The summed E-state index contributed by atoms with van der Waals surface area (Å²) in [6.45, 7) is 4.09. The third kappa shape index (κ3) is 2.94. The summed E-state index contributed by atoms with van der Waals surface area (Å²) in [6, 6.07) is 0. The van der Waals surface area contributed by atoms with Crippen LogP contribution in [0.3, 0.4) is 0 Å². The summed E-state index contributed by atoms with van der Waals surface area (Å²) in [5, 5.41) is 13.9. The third-order valence-electron chi connectivity index (χ3n) is 2.07. The van der Waals surface area contributed by atoms with Crippen LogP contribution >= 0.6 is 0 Å². The molecular formula is C10H18N2O3. The number of aromatic nitrogens is 2. The first-order valence-electron chi connectivity index (χ1n) is 4.91. The molecule has 0 radical (unpaired) electrons. The molecule has 1 atom stereocenters. The molecule has 0 aliphatic carbocycles. The smallest absolute Gasteiger partial charge is 0.162 e. The largest absolute Gasteiger partial charge is 0.493 e. The van der Waals surface area contributed by atoms with Gasteiger partial charge in [-0.3, -0.25) is 4.68 Å². The Morgan fingerprint density at radius 2 is 2.20 bits per heavy atom. The molecule has 1 N–H and O–H groups in total. The Morgan fingerprint density at radius 3 is 2.73 bits per heavy atom. The predicted molar refractivity (Wildman–Crippen MR) is 55.8 cm³/mol. The summed E-state index contributed by atoms with van der Waals surface area (Å²) in [4.78, 5) is 0.